The first-order chi connectivity index (χ1) is 6.22. The molecule has 2 N–H and O–H groups in total. The van der Waals surface area contributed by atoms with Crippen LogP contribution in [0.15, 0.2) is 0 Å². The lowest BCUT2D eigenvalue weighted by molar-refractivity contribution is 0.257. The van der Waals surface area contributed by atoms with Gasteiger partial charge in [-0.15, -0.1) is 0 Å². The van der Waals surface area contributed by atoms with Crippen molar-refractivity contribution < 1.29 is 0 Å². The van der Waals surface area contributed by atoms with Crippen molar-refractivity contribution in [2.24, 2.45) is 17.6 Å². The quantitative estimate of drug-likeness (QED) is 0.704. The van der Waals surface area contributed by atoms with Crippen molar-refractivity contribution >= 4 is 0 Å². The largest absolute Gasteiger partial charge is 0.330 e. The molecule has 2 heteroatoms. The van der Waals surface area contributed by atoms with E-state index in [1.165, 1.54) is 38.9 Å². The normalized spacial score (nSPS) is 21.2. The van der Waals surface area contributed by atoms with Crippen LogP contribution < -0.4 is 5.73 Å². The number of rotatable bonds is 5. The van der Waals surface area contributed by atoms with Crippen molar-refractivity contribution in [1.82, 2.24) is 4.90 Å². The first kappa shape index (κ1) is 11.0. The molecule has 2 nitrogen and oxygen atoms in total. The van der Waals surface area contributed by atoms with Crippen LogP contribution in [-0.2, 0) is 0 Å². The molecular formula is C11H24N2. The van der Waals surface area contributed by atoms with Crippen LogP contribution in [0, 0.1) is 11.8 Å². The zero-order valence-corrected chi connectivity index (χ0v) is 9.13. The Morgan fingerprint density at radius 2 is 1.85 bits per heavy atom. The molecular weight excluding hydrogens is 160 g/mol. The van der Waals surface area contributed by atoms with Crippen LogP contribution in [0.5, 0.6) is 0 Å². The molecule has 78 valence electrons. The molecule has 1 fully saturated rings. The van der Waals surface area contributed by atoms with E-state index in [0.717, 1.165) is 18.4 Å². The van der Waals surface area contributed by atoms with Gasteiger partial charge in [-0.25, -0.2) is 0 Å². The molecule has 1 rings (SSSR count). The molecule has 0 radical (unpaired) electrons. The fourth-order valence-corrected chi connectivity index (χ4v) is 2.24. The van der Waals surface area contributed by atoms with E-state index >= 15 is 0 Å². The van der Waals surface area contributed by atoms with E-state index in [-0.39, 0.29) is 0 Å². The lowest BCUT2D eigenvalue weighted by atomic mass is 9.97. The topological polar surface area (TPSA) is 29.3 Å². The highest BCUT2D eigenvalue weighted by molar-refractivity contribution is 4.72. The average Bonchev–Trinajstić information content (AvgIpc) is 2.55. The molecule has 0 aromatic rings. The number of hydrogen-bond acceptors (Lipinski definition) is 2. The van der Waals surface area contributed by atoms with Crippen LogP contribution in [0.25, 0.3) is 0 Å². The summed E-state index contributed by atoms with van der Waals surface area (Å²) in [6.07, 6.45) is 4.06. The molecule has 0 aromatic heterocycles. The summed E-state index contributed by atoms with van der Waals surface area (Å²) < 4.78 is 0. The zero-order chi connectivity index (χ0) is 9.68. The highest BCUT2D eigenvalue weighted by Crippen LogP contribution is 2.15. The van der Waals surface area contributed by atoms with Crippen molar-refractivity contribution in [3.63, 3.8) is 0 Å². The van der Waals surface area contributed by atoms with Crippen LogP contribution in [-0.4, -0.2) is 31.1 Å². The van der Waals surface area contributed by atoms with E-state index < -0.39 is 0 Å². The van der Waals surface area contributed by atoms with Crippen molar-refractivity contribution in [3.05, 3.63) is 0 Å². The van der Waals surface area contributed by atoms with Crippen molar-refractivity contribution in [2.45, 2.75) is 33.1 Å². The minimum absolute atomic E-state index is 0.720. The maximum Gasteiger partial charge on any atom is 0.00218 e. The predicted octanol–water partition coefficient (Wildman–Crippen LogP) is 1.70. The number of nitrogens with two attached hydrogens (primary N) is 1. The lowest BCUT2D eigenvalue weighted by Gasteiger charge is -2.23. The van der Waals surface area contributed by atoms with E-state index in [0.29, 0.717) is 0 Å². The van der Waals surface area contributed by atoms with Gasteiger partial charge in [0.1, 0.15) is 0 Å². The van der Waals surface area contributed by atoms with Gasteiger partial charge in [0, 0.05) is 6.54 Å². The smallest absolute Gasteiger partial charge is 0.00218 e. The van der Waals surface area contributed by atoms with E-state index in [4.69, 9.17) is 5.73 Å². The Kier molecular flexibility index (Phi) is 4.74. The highest BCUT2D eigenvalue weighted by atomic mass is 15.1. The maximum atomic E-state index is 5.77. The third-order valence-corrected chi connectivity index (χ3v) is 2.85. The molecule has 1 aliphatic heterocycles. The van der Waals surface area contributed by atoms with Crippen molar-refractivity contribution in [2.75, 3.05) is 26.2 Å². The molecule has 0 spiro atoms. The summed E-state index contributed by atoms with van der Waals surface area (Å²) in [5.41, 5.74) is 5.77. The second-order valence-corrected chi connectivity index (χ2v) is 4.74. The second kappa shape index (κ2) is 5.61. The summed E-state index contributed by atoms with van der Waals surface area (Å²) in [6, 6.07) is 0. The van der Waals surface area contributed by atoms with Gasteiger partial charge in [-0.3, -0.25) is 0 Å². The van der Waals surface area contributed by atoms with E-state index in [9.17, 15) is 0 Å². The SMILES string of the molecule is CC(C)CC(CN)CN1CCCC1. The fraction of sp³-hybridized carbons (Fsp3) is 1.00. The Morgan fingerprint density at radius 3 is 2.31 bits per heavy atom. The number of nitrogens with zero attached hydrogens (tertiary/aromatic N) is 1. The molecule has 1 aliphatic rings. The predicted molar refractivity (Wildman–Crippen MR) is 57.7 cm³/mol. The van der Waals surface area contributed by atoms with Gasteiger partial charge in [-0.05, 0) is 50.7 Å². The monoisotopic (exact) mass is 184 g/mol. The Morgan fingerprint density at radius 1 is 1.23 bits per heavy atom. The maximum absolute atomic E-state index is 5.77. The van der Waals surface area contributed by atoms with Gasteiger partial charge in [0.15, 0.2) is 0 Å². The minimum atomic E-state index is 0.720. The van der Waals surface area contributed by atoms with Gasteiger partial charge in [-0.1, -0.05) is 13.8 Å². The first-order valence-electron chi connectivity index (χ1n) is 5.64. The third-order valence-electron chi connectivity index (χ3n) is 2.85. The van der Waals surface area contributed by atoms with Crippen molar-refractivity contribution in [1.29, 1.82) is 0 Å². The third kappa shape index (κ3) is 4.10. The van der Waals surface area contributed by atoms with Crippen LogP contribution in [0.4, 0.5) is 0 Å². The number of likely N-dealkylation sites (tertiary alicyclic amines) is 1. The van der Waals surface area contributed by atoms with E-state index in [1.807, 2.05) is 0 Å². The minimum Gasteiger partial charge on any atom is -0.330 e. The van der Waals surface area contributed by atoms with Crippen LogP contribution in [0.3, 0.4) is 0 Å². The molecule has 0 aromatic carbocycles. The molecule has 1 saturated heterocycles. The Labute approximate surface area is 82.5 Å². The van der Waals surface area contributed by atoms with Gasteiger partial charge < -0.3 is 10.6 Å². The summed E-state index contributed by atoms with van der Waals surface area (Å²) in [5.74, 6) is 1.51. The van der Waals surface area contributed by atoms with Crippen LogP contribution in [0.1, 0.15) is 33.1 Å². The Bertz CT molecular complexity index is 128. The standard InChI is InChI=1S/C11H24N2/c1-10(2)7-11(8-12)9-13-5-3-4-6-13/h10-11H,3-9,12H2,1-2H3. The molecule has 1 heterocycles. The number of hydrogen-bond donors (Lipinski definition) is 1. The van der Waals surface area contributed by atoms with Crippen molar-refractivity contribution in [3.8, 4) is 0 Å². The second-order valence-electron chi connectivity index (χ2n) is 4.74. The summed E-state index contributed by atoms with van der Waals surface area (Å²) in [4.78, 5) is 2.57. The zero-order valence-electron chi connectivity index (χ0n) is 9.13. The summed E-state index contributed by atoms with van der Waals surface area (Å²) in [7, 11) is 0. The molecule has 0 aliphatic carbocycles. The summed E-state index contributed by atoms with van der Waals surface area (Å²) in [6.45, 7) is 9.26. The lowest BCUT2D eigenvalue weighted by Crippen LogP contribution is -2.31. The Balaban J connectivity index is 2.21. The van der Waals surface area contributed by atoms with Gasteiger partial charge in [0.25, 0.3) is 0 Å². The fourth-order valence-electron chi connectivity index (χ4n) is 2.24. The van der Waals surface area contributed by atoms with Gasteiger partial charge >= 0.3 is 0 Å². The van der Waals surface area contributed by atoms with E-state index in [2.05, 4.69) is 18.7 Å². The molecule has 13 heavy (non-hydrogen) atoms. The Hall–Kier alpha value is -0.0800. The first-order valence-corrected chi connectivity index (χ1v) is 5.64. The van der Waals surface area contributed by atoms with Crippen LogP contribution >= 0.6 is 0 Å². The highest BCUT2D eigenvalue weighted by Gasteiger charge is 2.17. The molecule has 0 amide bonds. The average molecular weight is 184 g/mol. The van der Waals surface area contributed by atoms with Crippen LogP contribution in [0.2, 0.25) is 0 Å². The summed E-state index contributed by atoms with van der Waals surface area (Å²) in [5, 5.41) is 0. The molecule has 0 saturated carbocycles. The van der Waals surface area contributed by atoms with Gasteiger partial charge in [0.2, 0.25) is 0 Å². The summed E-state index contributed by atoms with van der Waals surface area (Å²) >= 11 is 0. The van der Waals surface area contributed by atoms with Gasteiger partial charge in [-0.2, -0.15) is 0 Å². The van der Waals surface area contributed by atoms with Gasteiger partial charge in [0.05, 0.1) is 0 Å². The molecule has 0 bridgehead atoms. The van der Waals surface area contributed by atoms with E-state index in [1.54, 1.807) is 0 Å². The molecule has 1 unspecified atom stereocenters. The molecule has 1 atom stereocenters.